The van der Waals surface area contributed by atoms with Crippen molar-refractivity contribution in [2.24, 2.45) is 0 Å². The number of hydrogen-bond donors (Lipinski definition) is 3. The number of nitrogens with zero attached hydrogens (tertiary/aromatic N) is 2. The van der Waals surface area contributed by atoms with Crippen molar-refractivity contribution < 1.29 is 24.2 Å². The van der Waals surface area contributed by atoms with Gasteiger partial charge in [-0.1, -0.05) is 0 Å². The summed E-state index contributed by atoms with van der Waals surface area (Å²) in [5.41, 5.74) is 0. The maximum Gasteiger partial charge on any atom is 0.321 e. The molecule has 3 N–H and O–H groups in total. The lowest BCUT2D eigenvalue weighted by Crippen LogP contribution is -2.43. The summed E-state index contributed by atoms with van der Waals surface area (Å²) in [5, 5.41) is 15.1. The van der Waals surface area contributed by atoms with E-state index in [2.05, 4.69) is 20.4 Å². The van der Waals surface area contributed by atoms with E-state index in [-0.39, 0.29) is 12.3 Å². The van der Waals surface area contributed by atoms with Crippen LogP contribution in [0.2, 0.25) is 0 Å². The van der Waals surface area contributed by atoms with E-state index in [0.29, 0.717) is 13.1 Å². The van der Waals surface area contributed by atoms with Crippen LogP contribution in [0.3, 0.4) is 0 Å². The van der Waals surface area contributed by atoms with Crippen LogP contribution >= 0.6 is 0 Å². The summed E-state index contributed by atoms with van der Waals surface area (Å²) in [7, 11) is 0. The normalized spacial score (nSPS) is 20.3. The molecule has 2 heterocycles. The van der Waals surface area contributed by atoms with Crippen molar-refractivity contribution in [2.45, 2.75) is 25.3 Å². The predicted octanol–water partition coefficient (Wildman–Crippen LogP) is -1.02. The molecule has 2 fully saturated rings. The largest absolute Gasteiger partial charge is 0.480 e. The second kappa shape index (κ2) is 13.0. The van der Waals surface area contributed by atoms with Crippen molar-refractivity contribution in [3.05, 3.63) is 0 Å². The van der Waals surface area contributed by atoms with Gasteiger partial charge in [0.25, 0.3) is 0 Å². The first kappa shape index (κ1) is 22.0. The fourth-order valence-electron chi connectivity index (χ4n) is 3.26. The topological polar surface area (TPSA) is 103 Å². The molecule has 2 saturated heterocycles. The summed E-state index contributed by atoms with van der Waals surface area (Å²) < 4.78 is 10.6. The van der Waals surface area contributed by atoms with Crippen LogP contribution in [0, 0.1) is 0 Å². The molecular weight excluding hydrogens is 352 g/mol. The van der Waals surface area contributed by atoms with Crippen molar-refractivity contribution in [2.75, 3.05) is 78.8 Å². The van der Waals surface area contributed by atoms with E-state index >= 15 is 0 Å². The highest BCUT2D eigenvalue weighted by Crippen LogP contribution is 2.00. The Morgan fingerprint density at radius 1 is 0.889 bits per heavy atom. The van der Waals surface area contributed by atoms with Gasteiger partial charge in [0, 0.05) is 32.7 Å². The molecule has 0 aromatic heterocycles. The molecule has 0 aromatic carbocycles. The molecule has 9 nitrogen and oxygen atoms in total. The van der Waals surface area contributed by atoms with Gasteiger partial charge in [0.15, 0.2) is 0 Å². The van der Waals surface area contributed by atoms with Crippen molar-refractivity contribution in [3.8, 4) is 0 Å². The van der Waals surface area contributed by atoms with E-state index in [9.17, 15) is 14.7 Å². The number of aliphatic carboxylic acids is 1. The van der Waals surface area contributed by atoms with Crippen LogP contribution in [0.4, 0.5) is 0 Å². The van der Waals surface area contributed by atoms with E-state index in [1.54, 1.807) is 0 Å². The van der Waals surface area contributed by atoms with Crippen LogP contribution in [-0.2, 0) is 19.1 Å². The van der Waals surface area contributed by atoms with Gasteiger partial charge in [-0.3, -0.25) is 19.4 Å². The van der Waals surface area contributed by atoms with Gasteiger partial charge in [-0.25, -0.2) is 0 Å². The Labute approximate surface area is 161 Å². The third kappa shape index (κ3) is 9.48. The van der Waals surface area contributed by atoms with Crippen LogP contribution in [0.1, 0.15) is 19.3 Å². The minimum Gasteiger partial charge on any atom is -0.480 e. The first-order valence-corrected chi connectivity index (χ1v) is 9.98. The lowest BCUT2D eigenvalue weighted by molar-refractivity contribution is -0.141. The number of ether oxygens (including phenoxy) is 2. The molecule has 27 heavy (non-hydrogen) atoms. The fraction of sp³-hybridized carbons (Fsp3) is 0.889. The summed E-state index contributed by atoms with van der Waals surface area (Å²) in [6.45, 7) is 9.76. The molecule has 1 atom stereocenters. The van der Waals surface area contributed by atoms with E-state index in [1.165, 1.54) is 0 Å². The van der Waals surface area contributed by atoms with E-state index < -0.39 is 12.0 Å². The number of carboxylic acids is 1. The number of carboxylic acid groups (broad SMARTS) is 1. The van der Waals surface area contributed by atoms with Gasteiger partial charge in [-0.05, 0) is 32.5 Å². The van der Waals surface area contributed by atoms with Crippen molar-refractivity contribution >= 4 is 11.9 Å². The minimum atomic E-state index is -0.982. The van der Waals surface area contributed by atoms with Gasteiger partial charge in [-0.2, -0.15) is 0 Å². The van der Waals surface area contributed by atoms with Gasteiger partial charge in [0.1, 0.15) is 6.04 Å². The second-order valence-corrected chi connectivity index (χ2v) is 7.01. The molecule has 2 aliphatic heterocycles. The van der Waals surface area contributed by atoms with Gasteiger partial charge in [0.05, 0.1) is 32.8 Å². The summed E-state index contributed by atoms with van der Waals surface area (Å²) in [6, 6.07) is -0.839. The molecule has 0 saturated carbocycles. The number of hydrogen-bond acceptors (Lipinski definition) is 7. The summed E-state index contributed by atoms with van der Waals surface area (Å²) in [5.74, 6) is -1.20. The minimum absolute atomic E-state index is 0.0373. The molecule has 0 aliphatic carbocycles. The van der Waals surface area contributed by atoms with Gasteiger partial charge >= 0.3 is 5.97 Å². The zero-order chi connectivity index (χ0) is 19.3. The maximum atomic E-state index is 12.0. The highest BCUT2D eigenvalue weighted by molar-refractivity contribution is 5.84. The highest BCUT2D eigenvalue weighted by Gasteiger charge is 2.20. The number of carbonyl (C=O) groups excluding carboxylic acids is 1. The molecule has 1 unspecified atom stereocenters. The molecule has 0 spiro atoms. The van der Waals surface area contributed by atoms with Crippen LogP contribution in [-0.4, -0.2) is 112 Å². The number of morpholine rings is 2. The van der Waals surface area contributed by atoms with Crippen molar-refractivity contribution in [3.63, 3.8) is 0 Å². The number of carbonyl (C=O) groups is 2. The summed E-state index contributed by atoms with van der Waals surface area (Å²) >= 11 is 0. The predicted molar refractivity (Wildman–Crippen MR) is 101 cm³/mol. The lowest BCUT2D eigenvalue weighted by Gasteiger charge is -2.26. The highest BCUT2D eigenvalue weighted by atomic mass is 16.5. The molecule has 2 aliphatic rings. The van der Waals surface area contributed by atoms with Crippen molar-refractivity contribution in [1.82, 2.24) is 20.4 Å². The first-order chi connectivity index (χ1) is 13.1. The fourth-order valence-corrected chi connectivity index (χ4v) is 3.26. The monoisotopic (exact) mass is 386 g/mol. The Hall–Kier alpha value is -1.26. The molecule has 0 aromatic rings. The molecule has 0 radical (unpaired) electrons. The maximum absolute atomic E-state index is 12.0. The Balaban J connectivity index is 1.53. The number of rotatable bonds is 12. The average Bonchev–Trinajstić information content (AvgIpc) is 2.69. The SMILES string of the molecule is O=C(CC(NCCCN1CCOCC1)C(=O)O)NCCCN1CCOCC1. The lowest BCUT2D eigenvalue weighted by atomic mass is 10.2. The molecule has 9 heteroatoms. The Kier molecular flexibility index (Phi) is 10.6. The average molecular weight is 386 g/mol. The molecule has 2 rings (SSSR count). The van der Waals surface area contributed by atoms with E-state index in [4.69, 9.17) is 9.47 Å². The number of amides is 1. The van der Waals surface area contributed by atoms with Crippen molar-refractivity contribution in [1.29, 1.82) is 0 Å². The van der Waals surface area contributed by atoms with Gasteiger partial charge < -0.3 is 25.2 Å². The number of nitrogens with one attached hydrogen (secondary N) is 2. The first-order valence-electron chi connectivity index (χ1n) is 9.98. The second-order valence-electron chi connectivity index (χ2n) is 7.01. The van der Waals surface area contributed by atoms with Crippen LogP contribution in [0.25, 0.3) is 0 Å². The summed E-state index contributed by atoms with van der Waals surface area (Å²) in [4.78, 5) is 28.0. The Bertz CT molecular complexity index is 439. The Morgan fingerprint density at radius 2 is 1.41 bits per heavy atom. The summed E-state index contributed by atoms with van der Waals surface area (Å²) in [6.07, 6.45) is 1.67. The molecule has 0 bridgehead atoms. The smallest absolute Gasteiger partial charge is 0.321 e. The third-order valence-corrected chi connectivity index (χ3v) is 4.91. The van der Waals surface area contributed by atoms with Gasteiger partial charge in [0.2, 0.25) is 5.91 Å². The van der Waals surface area contributed by atoms with Crippen LogP contribution < -0.4 is 10.6 Å². The Morgan fingerprint density at radius 3 is 1.93 bits per heavy atom. The van der Waals surface area contributed by atoms with Crippen LogP contribution in [0.15, 0.2) is 0 Å². The van der Waals surface area contributed by atoms with Gasteiger partial charge in [-0.15, -0.1) is 0 Å². The zero-order valence-electron chi connectivity index (χ0n) is 16.2. The molecule has 1 amide bonds. The zero-order valence-corrected chi connectivity index (χ0v) is 16.2. The molecular formula is C18H34N4O5. The van der Waals surface area contributed by atoms with E-state index in [1.807, 2.05) is 0 Å². The third-order valence-electron chi connectivity index (χ3n) is 4.91. The standard InChI is InChI=1S/C18H34N4O5/c23-17(20-4-2-6-22-9-13-27-14-10-22)15-16(18(24)25)19-3-1-5-21-7-11-26-12-8-21/h16,19H,1-15H2,(H,20,23)(H,24,25). The molecule has 156 valence electrons. The van der Waals surface area contributed by atoms with E-state index in [0.717, 1.165) is 78.5 Å². The quantitative estimate of drug-likeness (QED) is 0.366. The van der Waals surface area contributed by atoms with Crippen LogP contribution in [0.5, 0.6) is 0 Å².